The number of hydrogen-bond acceptors (Lipinski definition) is 3. The third kappa shape index (κ3) is 2.31. The maximum absolute atomic E-state index is 12.7. The van der Waals surface area contributed by atoms with Gasteiger partial charge in [-0.15, -0.1) is 11.3 Å². The second-order valence-corrected chi connectivity index (χ2v) is 6.70. The lowest BCUT2D eigenvalue weighted by atomic mass is 9.97. The summed E-state index contributed by atoms with van der Waals surface area (Å²) in [4.78, 5) is 26.5. The molecule has 2 unspecified atom stereocenters. The maximum Gasteiger partial charge on any atom is 0.250 e. The highest BCUT2D eigenvalue weighted by atomic mass is 32.1. The van der Waals surface area contributed by atoms with E-state index in [1.165, 1.54) is 4.70 Å². The number of rotatable bonds is 2. The predicted octanol–water partition coefficient (Wildman–Crippen LogP) is 2.78. The number of anilines is 1. The molecule has 110 valence electrons. The van der Waals surface area contributed by atoms with Crippen molar-refractivity contribution < 1.29 is 9.59 Å². The number of thiophene rings is 1. The van der Waals surface area contributed by atoms with E-state index in [1.807, 2.05) is 43.5 Å². The minimum absolute atomic E-state index is 0.0355. The summed E-state index contributed by atoms with van der Waals surface area (Å²) in [7, 11) is 0. The van der Waals surface area contributed by atoms with Crippen molar-refractivity contribution in [1.82, 2.24) is 5.32 Å². The Morgan fingerprint density at radius 2 is 2.00 bits per heavy atom. The highest BCUT2D eigenvalue weighted by Gasteiger charge is 2.40. The Kier molecular flexibility index (Phi) is 3.45. The molecule has 1 aromatic carbocycles. The van der Waals surface area contributed by atoms with Crippen molar-refractivity contribution in [3.05, 3.63) is 29.6 Å². The van der Waals surface area contributed by atoms with E-state index in [0.29, 0.717) is 0 Å². The Labute approximate surface area is 127 Å². The van der Waals surface area contributed by atoms with E-state index in [0.717, 1.165) is 11.1 Å². The van der Waals surface area contributed by atoms with Crippen LogP contribution in [0.5, 0.6) is 0 Å². The van der Waals surface area contributed by atoms with Gasteiger partial charge in [-0.1, -0.05) is 13.8 Å². The van der Waals surface area contributed by atoms with Crippen molar-refractivity contribution in [2.75, 3.05) is 4.90 Å². The molecule has 1 aliphatic heterocycles. The first-order valence-corrected chi connectivity index (χ1v) is 7.97. The summed E-state index contributed by atoms with van der Waals surface area (Å²) in [6.07, 6.45) is 0. The van der Waals surface area contributed by atoms with Gasteiger partial charge in [0.05, 0.1) is 0 Å². The molecule has 0 spiro atoms. The number of amides is 2. The molecular weight excluding hydrogens is 284 g/mol. The molecule has 1 saturated heterocycles. The smallest absolute Gasteiger partial charge is 0.250 e. The van der Waals surface area contributed by atoms with E-state index in [9.17, 15) is 9.59 Å². The van der Waals surface area contributed by atoms with Crippen molar-refractivity contribution in [3.63, 3.8) is 0 Å². The van der Waals surface area contributed by atoms with E-state index in [1.54, 1.807) is 23.2 Å². The lowest BCUT2D eigenvalue weighted by Crippen LogP contribution is -2.64. The van der Waals surface area contributed by atoms with Crippen molar-refractivity contribution in [3.8, 4) is 0 Å². The molecule has 0 aliphatic carbocycles. The molecule has 4 nitrogen and oxygen atoms in total. The number of carbonyl (C=O) groups is 2. The average molecular weight is 302 g/mol. The summed E-state index contributed by atoms with van der Waals surface area (Å²) >= 11 is 1.67. The summed E-state index contributed by atoms with van der Waals surface area (Å²) in [5, 5.41) is 5.95. The number of fused-ring (bicyclic) bond motifs is 1. The third-order valence-corrected chi connectivity index (χ3v) is 4.85. The minimum Gasteiger partial charge on any atom is -0.342 e. The van der Waals surface area contributed by atoms with E-state index < -0.39 is 12.1 Å². The van der Waals surface area contributed by atoms with Gasteiger partial charge >= 0.3 is 0 Å². The molecule has 0 bridgehead atoms. The van der Waals surface area contributed by atoms with Gasteiger partial charge in [-0.05, 0) is 47.9 Å². The van der Waals surface area contributed by atoms with E-state index in [2.05, 4.69) is 5.32 Å². The van der Waals surface area contributed by atoms with Gasteiger partial charge in [-0.25, -0.2) is 0 Å². The van der Waals surface area contributed by atoms with Gasteiger partial charge < -0.3 is 5.32 Å². The van der Waals surface area contributed by atoms with Gasteiger partial charge in [0.1, 0.15) is 12.1 Å². The molecule has 0 saturated carbocycles. The normalized spacial score (nSPS) is 23.0. The zero-order valence-corrected chi connectivity index (χ0v) is 13.1. The predicted molar refractivity (Wildman–Crippen MR) is 85.5 cm³/mol. The van der Waals surface area contributed by atoms with Gasteiger partial charge in [-0.2, -0.15) is 0 Å². The standard InChI is InChI=1S/C16H18N2O2S/c1-9(2)14-16(20)18(10(3)15(19)17-14)12-4-5-13-11(8-12)6-7-21-13/h4-10,14H,1-3H3,(H,17,19). The SMILES string of the molecule is CC(C)C1NC(=O)C(C)N(c2ccc3sccc3c2)C1=O. The van der Waals surface area contributed by atoms with Crippen LogP contribution in [0, 0.1) is 5.92 Å². The molecule has 2 heterocycles. The third-order valence-electron chi connectivity index (χ3n) is 3.95. The molecule has 1 aliphatic rings. The number of nitrogens with one attached hydrogen (secondary N) is 1. The average Bonchev–Trinajstić information content (AvgIpc) is 2.90. The second kappa shape index (κ2) is 5.15. The number of hydrogen-bond donors (Lipinski definition) is 1. The lowest BCUT2D eigenvalue weighted by molar-refractivity contribution is -0.134. The van der Waals surface area contributed by atoms with Crippen LogP contribution in [0.25, 0.3) is 10.1 Å². The van der Waals surface area contributed by atoms with Crippen LogP contribution < -0.4 is 10.2 Å². The molecule has 2 atom stereocenters. The summed E-state index contributed by atoms with van der Waals surface area (Å²) in [5.74, 6) is -0.0632. The topological polar surface area (TPSA) is 49.4 Å². The van der Waals surface area contributed by atoms with Gasteiger partial charge in [-0.3, -0.25) is 14.5 Å². The highest BCUT2D eigenvalue weighted by Crippen LogP contribution is 2.29. The first-order valence-electron chi connectivity index (χ1n) is 7.09. The van der Waals surface area contributed by atoms with E-state index >= 15 is 0 Å². The fourth-order valence-electron chi connectivity index (χ4n) is 2.70. The lowest BCUT2D eigenvalue weighted by Gasteiger charge is -2.38. The van der Waals surface area contributed by atoms with Gasteiger partial charge in [0.2, 0.25) is 5.91 Å². The Morgan fingerprint density at radius 1 is 1.24 bits per heavy atom. The monoisotopic (exact) mass is 302 g/mol. The number of piperazine rings is 1. The first-order chi connectivity index (χ1) is 9.99. The molecule has 2 amide bonds. The van der Waals surface area contributed by atoms with Crippen LogP contribution in [0.2, 0.25) is 0 Å². The van der Waals surface area contributed by atoms with Gasteiger partial charge in [0.15, 0.2) is 0 Å². The van der Waals surface area contributed by atoms with Crippen molar-refractivity contribution in [2.24, 2.45) is 5.92 Å². The molecule has 3 rings (SSSR count). The van der Waals surface area contributed by atoms with Crippen LogP contribution in [0.15, 0.2) is 29.6 Å². The van der Waals surface area contributed by atoms with Crippen LogP contribution in [0.4, 0.5) is 5.69 Å². The Hall–Kier alpha value is -1.88. The Balaban J connectivity index is 2.04. The quantitative estimate of drug-likeness (QED) is 0.927. The molecule has 2 aromatic rings. The highest BCUT2D eigenvalue weighted by molar-refractivity contribution is 7.17. The summed E-state index contributed by atoms with van der Waals surface area (Å²) in [6, 6.07) is 7.00. The zero-order chi connectivity index (χ0) is 15.1. The molecule has 5 heteroatoms. The Morgan fingerprint density at radius 3 is 2.71 bits per heavy atom. The number of benzene rings is 1. The molecule has 1 N–H and O–H groups in total. The van der Waals surface area contributed by atoms with E-state index in [-0.39, 0.29) is 17.7 Å². The Bertz CT molecular complexity index is 707. The molecule has 1 aromatic heterocycles. The molecule has 0 radical (unpaired) electrons. The number of carbonyl (C=O) groups excluding carboxylic acids is 2. The molecular formula is C16H18N2O2S. The van der Waals surface area contributed by atoms with Crippen LogP contribution >= 0.6 is 11.3 Å². The second-order valence-electron chi connectivity index (χ2n) is 5.76. The fraction of sp³-hybridized carbons (Fsp3) is 0.375. The minimum atomic E-state index is -0.483. The molecule has 1 fully saturated rings. The fourth-order valence-corrected chi connectivity index (χ4v) is 3.47. The summed E-state index contributed by atoms with van der Waals surface area (Å²) in [5.41, 5.74) is 0.791. The number of nitrogens with zero attached hydrogens (tertiary/aromatic N) is 1. The molecule has 21 heavy (non-hydrogen) atoms. The van der Waals surface area contributed by atoms with Crippen molar-refractivity contribution >= 4 is 38.9 Å². The summed E-state index contributed by atoms with van der Waals surface area (Å²) < 4.78 is 1.18. The van der Waals surface area contributed by atoms with Crippen molar-refractivity contribution in [2.45, 2.75) is 32.9 Å². The van der Waals surface area contributed by atoms with Crippen LogP contribution in [-0.2, 0) is 9.59 Å². The summed E-state index contributed by atoms with van der Waals surface area (Å²) in [6.45, 7) is 5.65. The zero-order valence-electron chi connectivity index (χ0n) is 12.3. The first kappa shape index (κ1) is 14.1. The van der Waals surface area contributed by atoms with E-state index in [4.69, 9.17) is 0 Å². The van der Waals surface area contributed by atoms with Gasteiger partial charge in [0, 0.05) is 10.4 Å². The van der Waals surface area contributed by atoms with Crippen LogP contribution in [-0.4, -0.2) is 23.9 Å². The van der Waals surface area contributed by atoms with Crippen molar-refractivity contribution in [1.29, 1.82) is 0 Å². The largest absolute Gasteiger partial charge is 0.342 e. The maximum atomic E-state index is 12.7. The van der Waals surface area contributed by atoms with Gasteiger partial charge in [0.25, 0.3) is 5.91 Å². The van der Waals surface area contributed by atoms with Crippen LogP contribution in [0.3, 0.4) is 0 Å². The van der Waals surface area contributed by atoms with Crippen LogP contribution in [0.1, 0.15) is 20.8 Å².